The van der Waals surface area contributed by atoms with Gasteiger partial charge in [-0.05, 0) is 31.4 Å². The van der Waals surface area contributed by atoms with Crippen LogP contribution in [0.25, 0.3) is 0 Å². The molecule has 2 heteroatoms. The van der Waals surface area contributed by atoms with Crippen molar-refractivity contribution in [3.8, 4) is 0 Å². The lowest BCUT2D eigenvalue weighted by atomic mass is 9.98. The van der Waals surface area contributed by atoms with Crippen LogP contribution in [0.3, 0.4) is 0 Å². The van der Waals surface area contributed by atoms with Gasteiger partial charge in [-0.15, -0.1) is 11.6 Å². The van der Waals surface area contributed by atoms with E-state index < -0.39 is 0 Å². The maximum atomic E-state index is 6.19. The Bertz CT molecular complexity index is 243. The molecule has 0 bridgehead atoms. The Morgan fingerprint density at radius 1 is 1.31 bits per heavy atom. The summed E-state index contributed by atoms with van der Waals surface area (Å²) in [6.45, 7) is 0. The predicted molar refractivity (Wildman–Crippen MR) is 54.2 cm³/mol. The van der Waals surface area contributed by atoms with Gasteiger partial charge in [-0.2, -0.15) is 0 Å². The van der Waals surface area contributed by atoms with Gasteiger partial charge < -0.3 is 4.42 Å². The molecule has 1 aromatic heterocycles. The Morgan fingerprint density at radius 2 is 2.15 bits per heavy atom. The number of furan rings is 1. The van der Waals surface area contributed by atoms with E-state index in [1.807, 2.05) is 6.07 Å². The molecule has 1 aliphatic carbocycles. The predicted octanol–water partition coefficient (Wildman–Crippen LogP) is 3.93. The molecule has 2 rings (SSSR count). The summed E-state index contributed by atoms with van der Waals surface area (Å²) in [5, 5.41) is 0.345. The molecule has 0 radical (unpaired) electrons. The zero-order chi connectivity index (χ0) is 9.10. The molecule has 1 fully saturated rings. The lowest BCUT2D eigenvalue weighted by molar-refractivity contribution is 0.435. The minimum absolute atomic E-state index is 0.345. The molecule has 0 saturated heterocycles. The highest BCUT2D eigenvalue weighted by molar-refractivity contribution is 6.20. The van der Waals surface area contributed by atoms with E-state index in [0.29, 0.717) is 11.3 Å². The summed E-state index contributed by atoms with van der Waals surface area (Å²) < 4.78 is 5.42. The van der Waals surface area contributed by atoms with Crippen LogP contribution in [0.15, 0.2) is 22.8 Å². The maximum absolute atomic E-state index is 6.19. The van der Waals surface area contributed by atoms with Crippen molar-refractivity contribution in [1.29, 1.82) is 0 Å². The fourth-order valence-electron chi connectivity index (χ4n) is 2.08. The van der Waals surface area contributed by atoms with Gasteiger partial charge in [0.2, 0.25) is 0 Å². The number of rotatable bonds is 1. The SMILES string of the molecule is ClC1CCCCC(c2ccco2)C1. The third kappa shape index (κ3) is 2.28. The molecule has 0 amide bonds. The summed E-state index contributed by atoms with van der Waals surface area (Å²) in [5.74, 6) is 1.67. The van der Waals surface area contributed by atoms with Crippen molar-refractivity contribution in [2.24, 2.45) is 0 Å². The van der Waals surface area contributed by atoms with E-state index in [1.165, 1.54) is 25.7 Å². The van der Waals surface area contributed by atoms with Crippen molar-refractivity contribution < 1.29 is 4.42 Å². The smallest absolute Gasteiger partial charge is 0.106 e. The number of hydrogen-bond donors (Lipinski definition) is 0. The molecule has 0 aliphatic heterocycles. The van der Waals surface area contributed by atoms with Gasteiger partial charge >= 0.3 is 0 Å². The number of hydrogen-bond acceptors (Lipinski definition) is 1. The number of halogens is 1. The monoisotopic (exact) mass is 198 g/mol. The summed E-state index contributed by atoms with van der Waals surface area (Å²) in [6, 6.07) is 4.03. The summed E-state index contributed by atoms with van der Waals surface area (Å²) in [5.41, 5.74) is 0. The van der Waals surface area contributed by atoms with Gasteiger partial charge in [-0.3, -0.25) is 0 Å². The van der Waals surface area contributed by atoms with Crippen LogP contribution in [-0.4, -0.2) is 5.38 Å². The molecule has 0 aromatic carbocycles. The highest BCUT2D eigenvalue weighted by Crippen LogP contribution is 2.33. The van der Waals surface area contributed by atoms with Crippen molar-refractivity contribution in [3.63, 3.8) is 0 Å². The van der Waals surface area contributed by atoms with E-state index in [0.717, 1.165) is 12.2 Å². The van der Waals surface area contributed by atoms with E-state index in [9.17, 15) is 0 Å². The molecular formula is C11H15ClO. The topological polar surface area (TPSA) is 13.1 Å². The first-order valence-corrected chi connectivity index (χ1v) is 5.47. The van der Waals surface area contributed by atoms with Crippen LogP contribution in [0.4, 0.5) is 0 Å². The minimum atomic E-state index is 0.345. The highest BCUT2D eigenvalue weighted by Gasteiger charge is 2.21. The fourth-order valence-corrected chi connectivity index (χ4v) is 2.45. The summed E-state index contributed by atoms with van der Waals surface area (Å²) in [4.78, 5) is 0. The van der Waals surface area contributed by atoms with Gasteiger partial charge in [-0.1, -0.05) is 12.8 Å². The van der Waals surface area contributed by atoms with Crippen LogP contribution in [0.5, 0.6) is 0 Å². The largest absolute Gasteiger partial charge is 0.469 e. The first-order chi connectivity index (χ1) is 6.36. The zero-order valence-corrected chi connectivity index (χ0v) is 8.46. The van der Waals surface area contributed by atoms with Gasteiger partial charge in [-0.25, -0.2) is 0 Å². The van der Waals surface area contributed by atoms with E-state index in [2.05, 4.69) is 6.07 Å². The molecule has 72 valence electrons. The molecule has 13 heavy (non-hydrogen) atoms. The quantitative estimate of drug-likeness (QED) is 0.492. The van der Waals surface area contributed by atoms with Gasteiger partial charge in [0.15, 0.2) is 0 Å². The maximum Gasteiger partial charge on any atom is 0.106 e. The third-order valence-corrected chi connectivity index (χ3v) is 3.20. The average molecular weight is 199 g/mol. The Kier molecular flexibility index (Phi) is 2.94. The van der Waals surface area contributed by atoms with E-state index in [-0.39, 0.29) is 0 Å². The normalized spacial score (nSPS) is 29.9. The highest BCUT2D eigenvalue weighted by atomic mass is 35.5. The molecule has 1 saturated carbocycles. The standard InChI is InChI=1S/C11H15ClO/c12-10-5-2-1-4-9(8-10)11-6-3-7-13-11/h3,6-7,9-10H,1-2,4-5,8H2. The second-order valence-corrected chi connectivity index (χ2v) is 4.45. The molecule has 0 spiro atoms. The lowest BCUT2D eigenvalue weighted by Gasteiger charge is -2.12. The summed E-state index contributed by atoms with van der Waals surface area (Å²) in [6.07, 6.45) is 7.79. The summed E-state index contributed by atoms with van der Waals surface area (Å²) in [7, 11) is 0. The van der Waals surface area contributed by atoms with Crippen molar-refractivity contribution in [3.05, 3.63) is 24.2 Å². The van der Waals surface area contributed by atoms with Crippen molar-refractivity contribution in [2.75, 3.05) is 0 Å². The Balaban J connectivity index is 2.05. The molecule has 1 aromatic rings. The minimum Gasteiger partial charge on any atom is -0.469 e. The van der Waals surface area contributed by atoms with Gasteiger partial charge in [0.25, 0.3) is 0 Å². The average Bonchev–Trinajstić information content (AvgIpc) is 2.56. The van der Waals surface area contributed by atoms with Crippen LogP contribution in [-0.2, 0) is 0 Å². The van der Waals surface area contributed by atoms with Crippen molar-refractivity contribution in [1.82, 2.24) is 0 Å². The fraction of sp³-hybridized carbons (Fsp3) is 0.636. The lowest BCUT2D eigenvalue weighted by Crippen LogP contribution is -2.02. The van der Waals surface area contributed by atoms with Crippen molar-refractivity contribution >= 4 is 11.6 Å². The van der Waals surface area contributed by atoms with Crippen LogP contribution in [0, 0.1) is 0 Å². The van der Waals surface area contributed by atoms with E-state index in [1.54, 1.807) is 6.26 Å². The second kappa shape index (κ2) is 4.19. The first kappa shape index (κ1) is 9.14. The zero-order valence-electron chi connectivity index (χ0n) is 7.71. The van der Waals surface area contributed by atoms with Gasteiger partial charge in [0.05, 0.1) is 6.26 Å². The Morgan fingerprint density at radius 3 is 2.92 bits per heavy atom. The third-order valence-electron chi connectivity index (χ3n) is 2.81. The molecule has 1 aliphatic rings. The van der Waals surface area contributed by atoms with Crippen LogP contribution < -0.4 is 0 Å². The molecule has 2 atom stereocenters. The molecular weight excluding hydrogens is 184 g/mol. The van der Waals surface area contributed by atoms with Crippen LogP contribution >= 0.6 is 11.6 Å². The van der Waals surface area contributed by atoms with Crippen LogP contribution in [0.1, 0.15) is 43.8 Å². The van der Waals surface area contributed by atoms with Gasteiger partial charge in [0, 0.05) is 11.3 Å². The molecule has 1 nitrogen and oxygen atoms in total. The van der Waals surface area contributed by atoms with Crippen LogP contribution in [0.2, 0.25) is 0 Å². The van der Waals surface area contributed by atoms with E-state index in [4.69, 9.17) is 16.0 Å². The Hall–Kier alpha value is -0.430. The van der Waals surface area contributed by atoms with Gasteiger partial charge in [0.1, 0.15) is 5.76 Å². The first-order valence-electron chi connectivity index (χ1n) is 5.04. The van der Waals surface area contributed by atoms with E-state index >= 15 is 0 Å². The van der Waals surface area contributed by atoms with Crippen molar-refractivity contribution in [2.45, 2.75) is 43.4 Å². The number of alkyl halides is 1. The summed E-state index contributed by atoms with van der Waals surface area (Å²) >= 11 is 6.19. The molecule has 0 N–H and O–H groups in total. The molecule has 2 unspecified atom stereocenters. The Labute approximate surface area is 84.1 Å². The second-order valence-electron chi connectivity index (χ2n) is 3.83. The molecule has 1 heterocycles.